The molecule has 3 aromatic carbocycles. The molecule has 0 spiro atoms. The molecule has 1 aliphatic heterocycles. The van der Waals surface area contributed by atoms with Crippen LogP contribution >= 0.6 is 0 Å². The number of hydrogen-bond donors (Lipinski definition) is 0. The number of methoxy groups -OCH3 is 2. The van der Waals surface area contributed by atoms with E-state index in [0.29, 0.717) is 26.1 Å². The topological polar surface area (TPSA) is 92.8 Å². The second-order valence-electron chi connectivity index (χ2n) is 16.8. The van der Waals surface area contributed by atoms with E-state index < -0.39 is 43.8 Å². The first-order valence-corrected chi connectivity index (χ1v) is 21.2. The molecule has 0 N–H and O–H groups in total. The summed E-state index contributed by atoms with van der Waals surface area (Å²) in [4.78, 5) is 28.9. The van der Waals surface area contributed by atoms with Crippen LogP contribution in [0.1, 0.15) is 80.7 Å². The van der Waals surface area contributed by atoms with Gasteiger partial charge in [0.15, 0.2) is 5.78 Å². The zero-order valence-electron chi connectivity index (χ0n) is 34.8. The predicted molar refractivity (Wildman–Crippen MR) is 220 cm³/mol. The highest BCUT2D eigenvalue weighted by Gasteiger charge is 2.52. The Morgan fingerprint density at radius 3 is 2.00 bits per heavy atom. The maximum atomic E-state index is 13.9. The Kier molecular flexibility index (Phi) is 15.1. The largest absolute Gasteiger partial charge is 0.497 e. The molecule has 1 fully saturated rings. The van der Waals surface area contributed by atoms with Gasteiger partial charge in [-0.25, -0.2) is 4.79 Å². The number of carbonyl (C=O) groups excluding carboxylic acids is 2. The van der Waals surface area contributed by atoms with Crippen molar-refractivity contribution in [2.75, 3.05) is 27.4 Å². The van der Waals surface area contributed by atoms with E-state index in [1.165, 1.54) is 10.4 Å². The molecule has 4 atom stereocenters. The molecular weight excluding hydrogens is 711 g/mol. The van der Waals surface area contributed by atoms with Gasteiger partial charge in [0.1, 0.15) is 17.1 Å². The second kappa shape index (κ2) is 18.9. The summed E-state index contributed by atoms with van der Waals surface area (Å²) in [5.74, 6) is 0.119. The minimum atomic E-state index is -2.91. The summed E-state index contributed by atoms with van der Waals surface area (Å²) < 4.78 is 36.8. The monoisotopic (exact) mass is 773 g/mol. The van der Waals surface area contributed by atoms with Gasteiger partial charge in [-0.1, -0.05) is 107 Å². The minimum Gasteiger partial charge on any atom is -0.497 e. The number of rotatable bonds is 17. The SMILES string of the molecule is COc1ccc(COCC[C@H](C/C=C/C(=O)[C@H](C)[C@H](OC)[C@@H]2COC(C)(C)N2C(=O)OC(C)(C)C)O[Si](c2ccccc2)(c2ccccc2)C(C)(C)C)cc1. The van der Waals surface area contributed by atoms with Gasteiger partial charge in [0, 0.05) is 19.6 Å². The summed E-state index contributed by atoms with van der Waals surface area (Å²) in [5, 5.41) is 2.14. The highest BCUT2D eigenvalue weighted by atomic mass is 28.4. The molecule has 1 heterocycles. The van der Waals surface area contributed by atoms with Crippen LogP contribution in [-0.4, -0.2) is 82.1 Å². The Morgan fingerprint density at radius 2 is 1.49 bits per heavy atom. The molecule has 3 aromatic rings. The number of ether oxygens (including phenoxy) is 5. The zero-order chi connectivity index (χ0) is 40.4. The third-order valence-corrected chi connectivity index (χ3v) is 15.2. The summed E-state index contributed by atoms with van der Waals surface area (Å²) in [6, 6.07) is 28.5. The standard InChI is InChI=1S/C45H63NO8Si/c1-33(41(50-11)39-32-52-45(8,9)46(39)42(48)53-43(2,3)4)40(47)24-18-19-36(29-30-51-31-34-25-27-35(49-10)28-26-34)54-55(44(5,6)7,37-20-14-12-15-21-37)38-22-16-13-17-23-38/h12-18,20-28,33,36,39,41H,19,29-32H2,1-11H3/b24-18+/t33-,36-,39-,41-/m0/s1. The van der Waals surface area contributed by atoms with E-state index in [1.807, 2.05) is 84.0 Å². The van der Waals surface area contributed by atoms with Crippen LogP contribution in [0.4, 0.5) is 4.79 Å². The smallest absolute Gasteiger partial charge is 0.412 e. The van der Waals surface area contributed by atoms with Gasteiger partial charge < -0.3 is 28.1 Å². The van der Waals surface area contributed by atoms with Gasteiger partial charge in [-0.3, -0.25) is 9.69 Å². The van der Waals surface area contributed by atoms with E-state index >= 15 is 0 Å². The number of allylic oxidation sites excluding steroid dienone is 1. The van der Waals surface area contributed by atoms with E-state index in [2.05, 4.69) is 69.3 Å². The van der Waals surface area contributed by atoms with Crippen molar-refractivity contribution < 1.29 is 37.7 Å². The molecular formula is C45H63NO8Si. The van der Waals surface area contributed by atoms with Crippen LogP contribution in [-0.2, 0) is 34.8 Å². The molecule has 0 bridgehead atoms. The molecule has 0 aliphatic carbocycles. The van der Waals surface area contributed by atoms with Crippen molar-refractivity contribution in [1.82, 2.24) is 4.90 Å². The second-order valence-corrected chi connectivity index (χ2v) is 21.1. The van der Waals surface area contributed by atoms with Crippen molar-refractivity contribution in [1.29, 1.82) is 0 Å². The minimum absolute atomic E-state index is 0.111. The normalized spacial score (nSPS) is 17.9. The van der Waals surface area contributed by atoms with Crippen LogP contribution in [0, 0.1) is 5.92 Å². The fourth-order valence-corrected chi connectivity index (χ4v) is 12.1. The average molecular weight is 774 g/mol. The molecule has 0 saturated carbocycles. The lowest BCUT2D eigenvalue weighted by molar-refractivity contribution is -0.124. The Bertz CT molecular complexity index is 1640. The summed E-state index contributed by atoms with van der Waals surface area (Å²) in [6.45, 7) is 18.9. The third-order valence-electron chi connectivity index (χ3n) is 10.2. The van der Waals surface area contributed by atoms with E-state index in [4.69, 9.17) is 28.1 Å². The van der Waals surface area contributed by atoms with Crippen LogP contribution in [0.15, 0.2) is 97.1 Å². The molecule has 0 aromatic heterocycles. The van der Waals surface area contributed by atoms with Crippen molar-refractivity contribution in [3.05, 3.63) is 103 Å². The van der Waals surface area contributed by atoms with E-state index in [9.17, 15) is 9.59 Å². The van der Waals surface area contributed by atoms with Crippen LogP contribution in [0.5, 0.6) is 5.75 Å². The first kappa shape index (κ1) is 43.9. The van der Waals surface area contributed by atoms with Crippen LogP contribution in [0.25, 0.3) is 0 Å². The highest BCUT2D eigenvalue weighted by Crippen LogP contribution is 2.39. The number of nitrogens with zero attached hydrogens (tertiary/aromatic N) is 1. The summed E-state index contributed by atoms with van der Waals surface area (Å²) >= 11 is 0. The van der Waals surface area contributed by atoms with Crippen molar-refractivity contribution in [3.8, 4) is 5.75 Å². The summed E-state index contributed by atoms with van der Waals surface area (Å²) in [6.07, 6.45) is 3.28. The van der Waals surface area contributed by atoms with Gasteiger partial charge in [0.2, 0.25) is 0 Å². The Morgan fingerprint density at radius 1 is 0.909 bits per heavy atom. The molecule has 0 radical (unpaired) electrons. The highest BCUT2D eigenvalue weighted by molar-refractivity contribution is 6.99. The molecule has 55 heavy (non-hydrogen) atoms. The first-order valence-electron chi connectivity index (χ1n) is 19.3. The van der Waals surface area contributed by atoms with Crippen molar-refractivity contribution in [2.45, 2.75) is 116 Å². The number of amides is 1. The van der Waals surface area contributed by atoms with Crippen LogP contribution in [0.2, 0.25) is 5.04 Å². The lowest BCUT2D eigenvalue weighted by Gasteiger charge is -2.45. The predicted octanol–water partition coefficient (Wildman–Crippen LogP) is 8.09. The Hall–Kier alpha value is -3.80. The first-order chi connectivity index (χ1) is 25.9. The molecule has 4 rings (SSSR count). The summed E-state index contributed by atoms with van der Waals surface area (Å²) in [5.41, 5.74) is -0.566. The maximum Gasteiger partial charge on any atom is 0.412 e. The van der Waals surface area contributed by atoms with Crippen LogP contribution in [0.3, 0.4) is 0 Å². The molecule has 10 heteroatoms. The molecule has 1 saturated heterocycles. The zero-order valence-corrected chi connectivity index (χ0v) is 35.8. The van der Waals surface area contributed by atoms with Gasteiger partial charge in [0.05, 0.1) is 38.6 Å². The summed E-state index contributed by atoms with van der Waals surface area (Å²) in [7, 11) is 0.312. The van der Waals surface area contributed by atoms with Gasteiger partial charge in [-0.2, -0.15) is 0 Å². The van der Waals surface area contributed by atoms with E-state index in [0.717, 1.165) is 11.3 Å². The maximum absolute atomic E-state index is 13.9. The van der Waals surface area contributed by atoms with Crippen molar-refractivity contribution in [2.24, 2.45) is 5.92 Å². The molecule has 1 aliphatic rings. The lowest BCUT2D eigenvalue weighted by Crippen LogP contribution is -2.67. The Balaban J connectivity index is 1.59. The third kappa shape index (κ3) is 11.2. The number of ketones is 1. The van der Waals surface area contributed by atoms with Gasteiger partial charge in [-0.15, -0.1) is 0 Å². The van der Waals surface area contributed by atoms with Gasteiger partial charge in [0.25, 0.3) is 8.32 Å². The number of hydrogen-bond acceptors (Lipinski definition) is 8. The number of benzene rings is 3. The number of carbonyl (C=O) groups is 2. The average Bonchev–Trinajstić information content (AvgIpc) is 3.46. The van der Waals surface area contributed by atoms with Crippen molar-refractivity contribution in [3.63, 3.8) is 0 Å². The van der Waals surface area contributed by atoms with E-state index in [1.54, 1.807) is 25.2 Å². The molecule has 300 valence electrons. The fraction of sp³-hybridized carbons (Fsp3) is 0.511. The molecule has 9 nitrogen and oxygen atoms in total. The van der Waals surface area contributed by atoms with Crippen molar-refractivity contribution >= 4 is 30.6 Å². The molecule has 0 unspecified atom stereocenters. The van der Waals surface area contributed by atoms with Crippen LogP contribution < -0.4 is 15.1 Å². The Labute approximate surface area is 330 Å². The van der Waals surface area contributed by atoms with Gasteiger partial charge in [-0.05, 0) is 86.6 Å². The van der Waals surface area contributed by atoms with E-state index in [-0.39, 0.29) is 23.5 Å². The van der Waals surface area contributed by atoms with Gasteiger partial charge >= 0.3 is 6.09 Å². The lowest BCUT2D eigenvalue weighted by atomic mass is 9.92. The quantitative estimate of drug-likeness (QED) is 0.0773. The molecule has 1 amide bonds. The fourth-order valence-electron chi connectivity index (χ4n) is 7.38.